The first-order valence-corrected chi connectivity index (χ1v) is 10.4. The smallest absolute Gasteiger partial charge is 0.287 e. The molecule has 0 saturated heterocycles. The molecule has 11 heteroatoms. The van der Waals surface area contributed by atoms with Crippen LogP contribution in [0.25, 0.3) is 6.08 Å². The minimum Gasteiger partial charge on any atom is -0.454 e. The van der Waals surface area contributed by atoms with Crippen LogP contribution < -0.4 is 20.2 Å². The van der Waals surface area contributed by atoms with Crippen molar-refractivity contribution in [2.75, 3.05) is 6.79 Å². The molecule has 0 saturated carbocycles. The number of carbonyl (C=O) groups excluding carboxylic acids is 2. The lowest BCUT2D eigenvalue weighted by Crippen LogP contribution is -2.32. The largest absolute Gasteiger partial charge is 0.454 e. The van der Waals surface area contributed by atoms with Gasteiger partial charge in [0.15, 0.2) is 11.5 Å². The SMILES string of the molecule is O=C(NN=Cc1cc2c(cc1[N+](=O)[O-])OCO2)C(=Cc1cccs1)NC(=O)c1ccccc1. The third kappa shape index (κ3) is 5.22. The van der Waals surface area contributed by atoms with Crippen LogP contribution in [0.3, 0.4) is 0 Å². The number of nitrogens with one attached hydrogen (secondary N) is 2. The number of hydrazone groups is 1. The summed E-state index contributed by atoms with van der Waals surface area (Å²) in [4.78, 5) is 36.8. The fourth-order valence-corrected chi connectivity index (χ4v) is 3.54. The van der Waals surface area contributed by atoms with E-state index >= 15 is 0 Å². The number of rotatable bonds is 7. The molecular formula is C22H16N4O6S. The second-order valence-electron chi connectivity index (χ2n) is 6.61. The van der Waals surface area contributed by atoms with E-state index in [9.17, 15) is 19.7 Å². The highest BCUT2D eigenvalue weighted by Gasteiger charge is 2.22. The molecular weight excluding hydrogens is 448 g/mol. The zero-order valence-corrected chi connectivity index (χ0v) is 17.7. The quantitative estimate of drug-likeness (QED) is 0.239. The van der Waals surface area contributed by atoms with Crippen LogP contribution in [0.2, 0.25) is 0 Å². The Morgan fingerprint density at radius 2 is 1.85 bits per heavy atom. The van der Waals surface area contributed by atoms with Crippen molar-refractivity contribution in [1.82, 2.24) is 10.7 Å². The molecule has 1 aromatic heterocycles. The number of thiophene rings is 1. The molecule has 2 heterocycles. The predicted octanol–water partition coefficient (Wildman–Crippen LogP) is 3.31. The number of nitro groups is 1. The van der Waals surface area contributed by atoms with Crippen molar-refractivity contribution in [1.29, 1.82) is 0 Å². The van der Waals surface area contributed by atoms with Gasteiger partial charge in [-0.05, 0) is 35.7 Å². The molecule has 0 unspecified atom stereocenters. The fourth-order valence-electron chi connectivity index (χ4n) is 2.89. The molecule has 0 atom stereocenters. The summed E-state index contributed by atoms with van der Waals surface area (Å²) < 4.78 is 10.4. The van der Waals surface area contributed by atoms with Gasteiger partial charge in [0.05, 0.1) is 22.8 Å². The number of ether oxygens (including phenoxy) is 2. The summed E-state index contributed by atoms with van der Waals surface area (Å²) in [6, 6.07) is 14.6. The van der Waals surface area contributed by atoms with E-state index in [2.05, 4.69) is 15.8 Å². The molecule has 0 radical (unpaired) electrons. The van der Waals surface area contributed by atoms with Crippen molar-refractivity contribution in [3.8, 4) is 11.5 Å². The number of nitro benzene ring substituents is 1. The minimum absolute atomic E-state index is 0.0383. The first kappa shape index (κ1) is 21.7. The van der Waals surface area contributed by atoms with Crippen LogP contribution in [-0.4, -0.2) is 29.7 Å². The first-order valence-electron chi connectivity index (χ1n) is 9.54. The second kappa shape index (κ2) is 9.75. The molecule has 2 aromatic carbocycles. The molecule has 4 rings (SSSR count). The summed E-state index contributed by atoms with van der Waals surface area (Å²) in [6.45, 7) is -0.0399. The molecule has 0 fully saturated rings. The maximum atomic E-state index is 12.8. The number of amides is 2. The van der Waals surface area contributed by atoms with Gasteiger partial charge >= 0.3 is 0 Å². The molecule has 0 bridgehead atoms. The Morgan fingerprint density at radius 1 is 1.09 bits per heavy atom. The van der Waals surface area contributed by atoms with Gasteiger partial charge in [0.2, 0.25) is 6.79 Å². The zero-order valence-electron chi connectivity index (χ0n) is 16.9. The summed E-state index contributed by atoms with van der Waals surface area (Å²) in [7, 11) is 0. The Labute approximate surface area is 191 Å². The van der Waals surface area contributed by atoms with E-state index < -0.39 is 16.7 Å². The lowest BCUT2D eigenvalue weighted by Gasteiger charge is -2.08. The monoisotopic (exact) mass is 464 g/mol. The highest BCUT2D eigenvalue weighted by Crippen LogP contribution is 2.37. The number of hydrogen-bond donors (Lipinski definition) is 2. The first-order chi connectivity index (χ1) is 16.0. The predicted molar refractivity (Wildman–Crippen MR) is 121 cm³/mol. The van der Waals surface area contributed by atoms with E-state index in [1.807, 2.05) is 11.4 Å². The van der Waals surface area contributed by atoms with Gasteiger partial charge in [0.1, 0.15) is 5.70 Å². The molecule has 1 aliphatic rings. The van der Waals surface area contributed by atoms with Gasteiger partial charge in [-0.1, -0.05) is 24.3 Å². The topological polar surface area (TPSA) is 132 Å². The maximum absolute atomic E-state index is 12.8. The Kier molecular flexibility index (Phi) is 6.41. The van der Waals surface area contributed by atoms with Crippen molar-refractivity contribution in [3.63, 3.8) is 0 Å². The Bertz CT molecular complexity index is 1260. The van der Waals surface area contributed by atoms with Gasteiger partial charge in [0, 0.05) is 10.4 Å². The second-order valence-corrected chi connectivity index (χ2v) is 7.59. The van der Waals surface area contributed by atoms with Crippen molar-refractivity contribution >= 4 is 41.1 Å². The maximum Gasteiger partial charge on any atom is 0.287 e. The summed E-state index contributed by atoms with van der Waals surface area (Å²) in [5.74, 6) is -0.578. The van der Waals surface area contributed by atoms with Crippen molar-refractivity contribution in [3.05, 3.63) is 91.8 Å². The molecule has 2 amide bonds. The highest BCUT2D eigenvalue weighted by molar-refractivity contribution is 7.10. The van der Waals surface area contributed by atoms with Gasteiger partial charge < -0.3 is 14.8 Å². The number of nitrogens with zero attached hydrogens (tertiary/aromatic N) is 2. The minimum atomic E-state index is -0.702. The Hall–Kier alpha value is -4.51. The van der Waals surface area contributed by atoms with Crippen molar-refractivity contribution in [2.24, 2.45) is 5.10 Å². The van der Waals surface area contributed by atoms with E-state index in [1.165, 1.54) is 29.5 Å². The van der Waals surface area contributed by atoms with Crippen LogP contribution >= 0.6 is 11.3 Å². The average molecular weight is 464 g/mol. The van der Waals surface area contributed by atoms with Gasteiger partial charge in [-0.25, -0.2) is 5.43 Å². The van der Waals surface area contributed by atoms with Gasteiger partial charge in [-0.3, -0.25) is 19.7 Å². The van der Waals surface area contributed by atoms with E-state index in [-0.39, 0.29) is 29.5 Å². The van der Waals surface area contributed by atoms with Crippen LogP contribution in [0.15, 0.2) is 70.8 Å². The molecule has 2 N–H and O–H groups in total. The molecule has 3 aromatic rings. The van der Waals surface area contributed by atoms with Crippen LogP contribution in [-0.2, 0) is 4.79 Å². The van der Waals surface area contributed by atoms with Crippen LogP contribution in [0.1, 0.15) is 20.8 Å². The average Bonchev–Trinajstić information content (AvgIpc) is 3.50. The van der Waals surface area contributed by atoms with Crippen LogP contribution in [0.4, 0.5) is 5.69 Å². The highest BCUT2D eigenvalue weighted by atomic mass is 32.1. The Morgan fingerprint density at radius 3 is 2.55 bits per heavy atom. The van der Waals surface area contributed by atoms with Gasteiger partial charge in [0.25, 0.3) is 17.5 Å². The van der Waals surface area contributed by atoms with Gasteiger partial charge in [-0.2, -0.15) is 5.10 Å². The number of fused-ring (bicyclic) bond motifs is 1. The standard InChI is InChI=1S/C22H16N4O6S/c27-21(14-5-2-1-3-6-14)24-17(10-16-7-4-8-33-16)22(28)25-23-12-15-9-19-20(32-13-31-19)11-18(15)26(29)30/h1-12H,13H2,(H,24,27)(H,25,28). The lowest BCUT2D eigenvalue weighted by atomic mass is 10.1. The summed E-state index contributed by atoms with van der Waals surface area (Å²) >= 11 is 1.38. The van der Waals surface area contributed by atoms with Crippen LogP contribution in [0.5, 0.6) is 11.5 Å². The fraction of sp³-hybridized carbons (Fsp3) is 0.0455. The molecule has 10 nitrogen and oxygen atoms in total. The number of hydrogen-bond acceptors (Lipinski definition) is 8. The van der Waals surface area contributed by atoms with E-state index in [1.54, 1.807) is 36.4 Å². The summed E-state index contributed by atoms with van der Waals surface area (Å²) in [5, 5.41) is 19.6. The normalized spacial score (nSPS) is 12.5. The number of benzene rings is 2. The summed E-state index contributed by atoms with van der Waals surface area (Å²) in [5.41, 5.74) is 2.48. The summed E-state index contributed by atoms with van der Waals surface area (Å²) in [6.07, 6.45) is 2.64. The zero-order chi connectivity index (χ0) is 23.2. The third-order valence-corrected chi connectivity index (χ3v) is 5.27. The van der Waals surface area contributed by atoms with Crippen molar-refractivity contribution in [2.45, 2.75) is 0 Å². The third-order valence-electron chi connectivity index (χ3n) is 4.45. The van der Waals surface area contributed by atoms with E-state index in [0.29, 0.717) is 11.3 Å². The van der Waals surface area contributed by atoms with Crippen LogP contribution in [0, 0.1) is 10.1 Å². The molecule has 0 aliphatic carbocycles. The molecule has 1 aliphatic heterocycles. The number of carbonyl (C=O) groups is 2. The van der Waals surface area contributed by atoms with Gasteiger partial charge in [-0.15, -0.1) is 11.3 Å². The lowest BCUT2D eigenvalue weighted by molar-refractivity contribution is -0.385. The molecule has 0 spiro atoms. The molecule has 33 heavy (non-hydrogen) atoms. The van der Waals surface area contributed by atoms with E-state index in [4.69, 9.17) is 9.47 Å². The van der Waals surface area contributed by atoms with E-state index in [0.717, 1.165) is 11.1 Å². The molecule has 166 valence electrons. The Balaban J connectivity index is 1.53. The van der Waals surface area contributed by atoms with Crippen molar-refractivity contribution < 1.29 is 24.0 Å².